The van der Waals surface area contributed by atoms with Crippen molar-refractivity contribution >= 4 is 28.9 Å². The van der Waals surface area contributed by atoms with E-state index < -0.39 is 4.92 Å². The quantitative estimate of drug-likeness (QED) is 0.500. The number of nitro groups is 1. The summed E-state index contributed by atoms with van der Waals surface area (Å²) in [6.45, 7) is 8.49. The highest BCUT2D eigenvalue weighted by atomic mass is 35.5. The number of amides is 1. The molecule has 3 rings (SSSR count). The minimum absolute atomic E-state index is 0.00145. The molecule has 0 unspecified atom stereocenters. The van der Waals surface area contributed by atoms with Crippen LogP contribution in [-0.2, 0) is 4.79 Å². The Balaban J connectivity index is 1.57. The average molecular weight is 432 g/mol. The van der Waals surface area contributed by atoms with E-state index >= 15 is 0 Å². The summed E-state index contributed by atoms with van der Waals surface area (Å²) in [5.41, 5.74) is 2.89. The van der Waals surface area contributed by atoms with Crippen LogP contribution in [0.2, 0.25) is 5.02 Å². The van der Waals surface area contributed by atoms with Crippen LogP contribution in [0.25, 0.3) is 0 Å². The van der Waals surface area contributed by atoms with Crippen LogP contribution in [0.15, 0.2) is 36.4 Å². The monoisotopic (exact) mass is 431 g/mol. The van der Waals surface area contributed by atoms with E-state index in [0.717, 1.165) is 22.6 Å². The molecule has 0 spiro atoms. The van der Waals surface area contributed by atoms with Crippen molar-refractivity contribution in [2.24, 2.45) is 0 Å². The number of benzene rings is 2. The van der Waals surface area contributed by atoms with Crippen LogP contribution in [0.5, 0.6) is 5.75 Å². The molecule has 2 aromatic rings. The molecule has 0 aromatic heterocycles. The molecule has 2 aromatic carbocycles. The van der Waals surface area contributed by atoms with Gasteiger partial charge < -0.3 is 14.5 Å². The van der Waals surface area contributed by atoms with Gasteiger partial charge in [-0.05, 0) is 36.1 Å². The van der Waals surface area contributed by atoms with Crippen molar-refractivity contribution in [3.63, 3.8) is 0 Å². The van der Waals surface area contributed by atoms with E-state index in [2.05, 4.69) is 13.8 Å². The third kappa shape index (κ3) is 5.02. The lowest BCUT2D eigenvalue weighted by atomic mass is 10.0. The molecule has 0 aliphatic carbocycles. The lowest BCUT2D eigenvalue weighted by Crippen LogP contribution is -2.50. The second-order valence-corrected chi connectivity index (χ2v) is 8.15. The predicted molar refractivity (Wildman–Crippen MR) is 118 cm³/mol. The number of carbonyl (C=O) groups is 1. The zero-order valence-corrected chi connectivity index (χ0v) is 18.2. The number of ether oxygens (including phenoxy) is 1. The molecule has 0 bridgehead atoms. The van der Waals surface area contributed by atoms with Gasteiger partial charge in [0, 0.05) is 38.3 Å². The van der Waals surface area contributed by atoms with Crippen molar-refractivity contribution in [2.75, 3.05) is 37.7 Å². The Labute approximate surface area is 181 Å². The second kappa shape index (κ2) is 9.34. The number of piperazine rings is 1. The first-order valence-electron chi connectivity index (χ1n) is 9.96. The van der Waals surface area contributed by atoms with Gasteiger partial charge >= 0.3 is 0 Å². The number of aryl methyl sites for hydroxylation is 1. The van der Waals surface area contributed by atoms with Crippen LogP contribution in [0, 0.1) is 17.0 Å². The van der Waals surface area contributed by atoms with Crippen molar-refractivity contribution in [3.8, 4) is 5.75 Å². The van der Waals surface area contributed by atoms with Gasteiger partial charge in [-0.15, -0.1) is 0 Å². The minimum atomic E-state index is -0.467. The van der Waals surface area contributed by atoms with Gasteiger partial charge in [-0.3, -0.25) is 14.9 Å². The Kier molecular flexibility index (Phi) is 6.82. The molecule has 0 N–H and O–H groups in total. The molecular formula is C22H26ClN3O4. The van der Waals surface area contributed by atoms with Crippen molar-refractivity contribution in [1.29, 1.82) is 0 Å². The van der Waals surface area contributed by atoms with Crippen LogP contribution >= 0.6 is 11.6 Å². The maximum atomic E-state index is 12.6. The summed E-state index contributed by atoms with van der Waals surface area (Å²) in [5, 5.41) is 11.2. The fourth-order valence-electron chi connectivity index (χ4n) is 3.54. The maximum absolute atomic E-state index is 12.6. The fourth-order valence-corrected chi connectivity index (χ4v) is 3.83. The van der Waals surface area contributed by atoms with Crippen molar-refractivity contribution in [3.05, 3.63) is 62.7 Å². The van der Waals surface area contributed by atoms with Gasteiger partial charge in [0.25, 0.3) is 11.6 Å². The van der Waals surface area contributed by atoms with Gasteiger partial charge in [0.05, 0.1) is 15.6 Å². The summed E-state index contributed by atoms with van der Waals surface area (Å²) >= 11 is 6.23. The molecule has 1 heterocycles. The van der Waals surface area contributed by atoms with E-state index in [1.807, 2.05) is 30.0 Å². The van der Waals surface area contributed by atoms with Gasteiger partial charge in [0.1, 0.15) is 5.75 Å². The Morgan fingerprint density at radius 1 is 1.17 bits per heavy atom. The van der Waals surface area contributed by atoms with E-state index in [1.54, 1.807) is 11.0 Å². The van der Waals surface area contributed by atoms with E-state index in [9.17, 15) is 14.9 Å². The molecule has 1 amide bonds. The third-order valence-corrected chi connectivity index (χ3v) is 5.56. The number of rotatable bonds is 6. The summed E-state index contributed by atoms with van der Waals surface area (Å²) in [4.78, 5) is 26.9. The molecule has 30 heavy (non-hydrogen) atoms. The molecule has 0 radical (unpaired) electrons. The van der Waals surface area contributed by atoms with E-state index in [-0.39, 0.29) is 18.2 Å². The summed E-state index contributed by atoms with van der Waals surface area (Å²) in [7, 11) is 0. The number of anilines is 1. The largest absolute Gasteiger partial charge is 0.483 e. The lowest BCUT2D eigenvalue weighted by Gasteiger charge is -2.36. The molecular weight excluding hydrogens is 406 g/mol. The van der Waals surface area contributed by atoms with Crippen molar-refractivity contribution < 1.29 is 14.5 Å². The average Bonchev–Trinajstić information content (AvgIpc) is 2.71. The number of hydrogen-bond acceptors (Lipinski definition) is 5. The van der Waals surface area contributed by atoms with E-state index in [1.165, 1.54) is 12.1 Å². The molecule has 1 fully saturated rings. The topological polar surface area (TPSA) is 75.9 Å². The molecule has 1 aliphatic heterocycles. The summed E-state index contributed by atoms with van der Waals surface area (Å²) in [6, 6.07) is 10.5. The van der Waals surface area contributed by atoms with Crippen LogP contribution in [0.4, 0.5) is 11.4 Å². The van der Waals surface area contributed by atoms with Crippen molar-refractivity contribution in [1.82, 2.24) is 4.90 Å². The minimum Gasteiger partial charge on any atom is -0.483 e. The van der Waals surface area contributed by atoms with Crippen LogP contribution in [-0.4, -0.2) is 48.5 Å². The van der Waals surface area contributed by atoms with Gasteiger partial charge in [-0.1, -0.05) is 37.6 Å². The summed E-state index contributed by atoms with van der Waals surface area (Å²) in [6.07, 6.45) is 0. The van der Waals surface area contributed by atoms with Crippen LogP contribution in [0.3, 0.4) is 0 Å². The number of nitrogens with zero attached hydrogens (tertiary/aromatic N) is 3. The predicted octanol–water partition coefficient (Wildman–Crippen LogP) is 4.41. The first-order valence-corrected chi connectivity index (χ1v) is 10.3. The Morgan fingerprint density at radius 3 is 2.47 bits per heavy atom. The smallest absolute Gasteiger partial charge is 0.271 e. The van der Waals surface area contributed by atoms with Gasteiger partial charge in [-0.25, -0.2) is 0 Å². The summed E-state index contributed by atoms with van der Waals surface area (Å²) < 4.78 is 5.87. The number of carbonyl (C=O) groups excluding carboxylic acids is 1. The first-order chi connectivity index (χ1) is 14.3. The molecule has 160 valence electrons. The number of hydrogen-bond donors (Lipinski definition) is 0. The molecule has 1 saturated heterocycles. The molecule has 0 saturated carbocycles. The molecule has 0 atom stereocenters. The van der Waals surface area contributed by atoms with E-state index in [4.69, 9.17) is 16.3 Å². The number of non-ortho nitro benzene ring substituents is 1. The first kappa shape index (κ1) is 21.9. The van der Waals surface area contributed by atoms with Crippen LogP contribution < -0.4 is 9.64 Å². The summed E-state index contributed by atoms with van der Waals surface area (Å²) in [5.74, 6) is 1.01. The lowest BCUT2D eigenvalue weighted by molar-refractivity contribution is -0.384. The Bertz CT molecular complexity index is 940. The van der Waals surface area contributed by atoms with Gasteiger partial charge in [0.2, 0.25) is 0 Å². The number of nitro benzene ring substituents is 1. The Morgan fingerprint density at radius 2 is 1.87 bits per heavy atom. The maximum Gasteiger partial charge on any atom is 0.271 e. The second-order valence-electron chi connectivity index (χ2n) is 7.75. The highest BCUT2D eigenvalue weighted by molar-refractivity contribution is 6.33. The molecule has 1 aliphatic rings. The van der Waals surface area contributed by atoms with Crippen LogP contribution in [0.1, 0.15) is 30.9 Å². The molecule has 8 heteroatoms. The highest BCUT2D eigenvalue weighted by Gasteiger charge is 2.24. The third-order valence-electron chi connectivity index (χ3n) is 5.26. The van der Waals surface area contributed by atoms with Crippen molar-refractivity contribution in [2.45, 2.75) is 26.7 Å². The molecule has 7 nitrogen and oxygen atoms in total. The highest BCUT2D eigenvalue weighted by Crippen LogP contribution is 2.31. The number of halogens is 1. The fraction of sp³-hybridized carbons (Fsp3) is 0.409. The Hall–Kier alpha value is -2.80. The van der Waals surface area contributed by atoms with Gasteiger partial charge in [0.15, 0.2) is 6.61 Å². The standard InChI is InChI=1S/C22H26ClN3O4/c1-15(2)18-6-4-16(3)12-21(18)30-14-22(27)25-10-8-24(9-11-25)20-7-5-17(26(28)29)13-19(20)23/h4-7,12-13,15H,8-11,14H2,1-3H3. The zero-order valence-electron chi connectivity index (χ0n) is 17.4. The van der Waals surface area contributed by atoms with Gasteiger partial charge in [-0.2, -0.15) is 0 Å². The zero-order chi connectivity index (χ0) is 21.8. The van der Waals surface area contributed by atoms with E-state index in [0.29, 0.717) is 37.1 Å². The SMILES string of the molecule is Cc1ccc(C(C)C)c(OCC(=O)N2CCN(c3ccc([N+](=O)[O-])cc3Cl)CC2)c1. The normalized spacial score (nSPS) is 14.2.